The summed E-state index contributed by atoms with van der Waals surface area (Å²) in [5, 5.41) is 0. The summed E-state index contributed by atoms with van der Waals surface area (Å²) in [6.07, 6.45) is 0. The van der Waals surface area contributed by atoms with Crippen molar-refractivity contribution in [3.05, 3.63) is 65.0 Å². The van der Waals surface area contributed by atoms with Crippen LogP contribution in [0.25, 0.3) is 0 Å². The van der Waals surface area contributed by atoms with Crippen molar-refractivity contribution in [1.29, 1.82) is 0 Å². The van der Waals surface area contributed by atoms with E-state index in [0.29, 0.717) is 18.3 Å². The SMILES string of the molecule is CC(C)c1ccc(COc2cc(F)cc(CCl)c2)cc1. The molecule has 0 N–H and O–H groups in total. The third-order valence-corrected chi connectivity index (χ3v) is 3.45. The van der Waals surface area contributed by atoms with Crippen LogP contribution in [0.5, 0.6) is 5.75 Å². The molecule has 0 heterocycles. The van der Waals surface area contributed by atoms with Gasteiger partial charge >= 0.3 is 0 Å². The molecule has 0 bridgehead atoms. The van der Waals surface area contributed by atoms with E-state index in [1.807, 2.05) is 12.1 Å². The van der Waals surface area contributed by atoms with Gasteiger partial charge in [0.05, 0.1) is 0 Å². The van der Waals surface area contributed by atoms with Gasteiger partial charge in [-0.2, -0.15) is 0 Å². The Bertz CT molecular complexity index is 564. The molecule has 106 valence electrons. The zero-order chi connectivity index (χ0) is 14.5. The minimum absolute atomic E-state index is 0.275. The second-order valence-corrected chi connectivity index (χ2v) is 5.38. The molecule has 0 atom stereocenters. The molecule has 0 aliphatic rings. The van der Waals surface area contributed by atoms with E-state index in [-0.39, 0.29) is 11.7 Å². The Morgan fingerprint density at radius 2 is 1.75 bits per heavy atom. The first-order chi connectivity index (χ1) is 9.58. The molecule has 0 aromatic heterocycles. The van der Waals surface area contributed by atoms with E-state index in [1.165, 1.54) is 17.7 Å². The summed E-state index contributed by atoms with van der Waals surface area (Å²) in [6, 6.07) is 12.8. The van der Waals surface area contributed by atoms with Gasteiger partial charge in [-0.25, -0.2) is 4.39 Å². The molecule has 0 unspecified atom stereocenters. The van der Waals surface area contributed by atoms with E-state index in [2.05, 4.69) is 26.0 Å². The van der Waals surface area contributed by atoms with Crippen molar-refractivity contribution in [2.75, 3.05) is 0 Å². The molecule has 3 heteroatoms. The second kappa shape index (κ2) is 6.76. The molecule has 0 aliphatic carbocycles. The average molecular weight is 293 g/mol. The topological polar surface area (TPSA) is 9.23 Å². The van der Waals surface area contributed by atoms with Crippen molar-refractivity contribution in [3.8, 4) is 5.75 Å². The van der Waals surface area contributed by atoms with Gasteiger partial charge < -0.3 is 4.74 Å². The lowest BCUT2D eigenvalue weighted by atomic mass is 10.0. The Morgan fingerprint density at radius 1 is 1.05 bits per heavy atom. The molecule has 0 amide bonds. The molecule has 0 spiro atoms. The van der Waals surface area contributed by atoms with E-state index < -0.39 is 0 Å². The summed E-state index contributed by atoms with van der Waals surface area (Å²) in [4.78, 5) is 0. The molecule has 0 saturated carbocycles. The summed E-state index contributed by atoms with van der Waals surface area (Å²) >= 11 is 5.71. The van der Waals surface area contributed by atoms with Crippen LogP contribution in [0.1, 0.15) is 36.5 Å². The number of hydrogen-bond donors (Lipinski definition) is 0. The highest BCUT2D eigenvalue weighted by molar-refractivity contribution is 6.17. The lowest BCUT2D eigenvalue weighted by Crippen LogP contribution is -1.97. The monoisotopic (exact) mass is 292 g/mol. The van der Waals surface area contributed by atoms with Crippen LogP contribution in [0.15, 0.2) is 42.5 Å². The van der Waals surface area contributed by atoms with Gasteiger partial charge in [0, 0.05) is 11.9 Å². The molecule has 0 aliphatic heterocycles. The fourth-order valence-corrected chi connectivity index (χ4v) is 2.10. The Balaban J connectivity index is 2.03. The standard InChI is InChI=1S/C17H18ClFO/c1-12(2)15-5-3-13(4-6-15)11-20-17-8-14(10-18)7-16(19)9-17/h3-9,12H,10-11H2,1-2H3. The van der Waals surface area contributed by atoms with Crippen molar-refractivity contribution in [3.63, 3.8) is 0 Å². The van der Waals surface area contributed by atoms with Crippen LogP contribution in [-0.4, -0.2) is 0 Å². The predicted octanol–water partition coefficient (Wildman–Crippen LogP) is 5.27. The van der Waals surface area contributed by atoms with Gasteiger partial charge in [-0.1, -0.05) is 38.1 Å². The molecule has 1 nitrogen and oxygen atoms in total. The van der Waals surface area contributed by atoms with Crippen LogP contribution in [0.3, 0.4) is 0 Å². The summed E-state index contributed by atoms with van der Waals surface area (Å²) in [5.41, 5.74) is 3.08. The van der Waals surface area contributed by atoms with E-state index in [9.17, 15) is 4.39 Å². The maximum absolute atomic E-state index is 13.3. The zero-order valence-electron chi connectivity index (χ0n) is 11.7. The molecule has 0 radical (unpaired) electrons. The molecule has 0 saturated heterocycles. The summed E-state index contributed by atoms with van der Waals surface area (Å²) in [6.45, 7) is 4.74. The number of ether oxygens (including phenoxy) is 1. The van der Waals surface area contributed by atoms with Crippen LogP contribution in [0.2, 0.25) is 0 Å². The van der Waals surface area contributed by atoms with E-state index >= 15 is 0 Å². The van der Waals surface area contributed by atoms with Crippen LogP contribution >= 0.6 is 11.6 Å². The predicted molar refractivity (Wildman–Crippen MR) is 80.8 cm³/mol. The smallest absolute Gasteiger partial charge is 0.127 e. The minimum atomic E-state index is -0.326. The first-order valence-electron chi connectivity index (χ1n) is 6.65. The maximum Gasteiger partial charge on any atom is 0.127 e. The van der Waals surface area contributed by atoms with Crippen molar-refractivity contribution in [2.45, 2.75) is 32.3 Å². The molecule has 20 heavy (non-hydrogen) atoms. The highest BCUT2D eigenvalue weighted by Crippen LogP contribution is 2.20. The van der Waals surface area contributed by atoms with Crippen molar-refractivity contribution >= 4 is 11.6 Å². The van der Waals surface area contributed by atoms with Gasteiger partial charge in [0.2, 0.25) is 0 Å². The third kappa shape index (κ3) is 3.97. The van der Waals surface area contributed by atoms with Crippen LogP contribution in [0, 0.1) is 5.82 Å². The number of benzene rings is 2. The Morgan fingerprint density at radius 3 is 2.35 bits per heavy atom. The van der Waals surface area contributed by atoms with Crippen LogP contribution in [-0.2, 0) is 12.5 Å². The Labute approximate surface area is 124 Å². The van der Waals surface area contributed by atoms with E-state index in [0.717, 1.165) is 11.1 Å². The molecular formula is C17H18ClFO. The van der Waals surface area contributed by atoms with Crippen LogP contribution < -0.4 is 4.74 Å². The highest BCUT2D eigenvalue weighted by atomic mass is 35.5. The number of alkyl halides is 1. The highest BCUT2D eigenvalue weighted by Gasteiger charge is 2.03. The fraction of sp³-hybridized carbons (Fsp3) is 0.294. The second-order valence-electron chi connectivity index (χ2n) is 5.11. The number of halogens is 2. The normalized spacial score (nSPS) is 10.8. The van der Waals surface area contributed by atoms with Gasteiger partial charge in [0.15, 0.2) is 0 Å². The van der Waals surface area contributed by atoms with Crippen molar-refractivity contribution < 1.29 is 9.13 Å². The lowest BCUT2D eigenvalue weighted by Gasteiger charge is -2.09. The first kappa shape index (κ1) is 14.9. The Hall–Kier alpha value is -1.54. The third-order valence-electron chi connectivity index (χ3n) is 3.14. The first-order valence-corrected chi connectivity index (χ1v) is 7.19. The molecule has 0 fully saturated rings. The Kier molecular flexibility index (Phi) is 5.02. The molecular weight excluding hydrogens is 275 g/mol. The molecule has 2 aromatic rings. The van der Waals surface area contributed by atoms with E-state index in [4.69, 9.17) is 16.3 Å². The largest absolute Gasteiger partial charge is 0.489 e. The van der Waals surface area contributed by atoms with Crippen molar-refractivity contribution in [1.82, 2.24) is 0 Å². The van der Waals surface area contributed by atoms with Gasteiger partial charge in [-0.05, 0) is 34.7 Å². The van der Waals surface area contributed by atoms with Crippen LogP contribution in [0.4, 0.5) is 4.39 Å². The summed E-state index contributed by atoms with van der Waals surface area (Å²) in [5.74, 6) is 0.971. The maximum atomic E-state index is 13.3. The lowest BCUT2D eigenvalue weighted by molar-refractivity contribution is 0.304. The van der Waals surface area contributed by atoms with Gasteiger partial charge in [-0.15, -0.1) is 11.6 Å². The number of rotatable bonds is 5. The average Bonchev–Trinajstić information content (AvgIpc) is 2.45. The van der Waals surface area contributed by atoms with Gasteiger partial charge in [0.25, 0.3) is 0 Å². The minimum Gasteiger partial charge on any atom is -0.489 e. The van der Waals surface area contributed by atoms with Crippen molar-refractivity contribution in [2.24, 2.45) is 0 Å². The molecule has 2 aromatic carbocycles. The molecule has 2 rings (SSSR count). The number of hydrogen-bond acceptors (Lipinski definition) is 1. The summed E-state index contributed by atoms with van der Waals surface area (Å²) < 4.78 is 19.0. The quantitative estimate of drug-likeness (QED) is 0.682. The fourth-order valence-electron chi connectivity index (χ4n) is 1.95. The van der Waals surface area contributed by atoms with Gasteiger partial charge in [-0.3, -0.25) is 0 Å². The summed E-state index contributed by atoms with van der Waals surface area (Å²) in [7, 11) is 0. The van der Waals surface area contributed by atoms with Gasteiger partial charge in [0.1, 0.15) is 18.2 Å². The van der Waals surface area contributed by atoms with E-state index in [1.54, 1.807) is 6.07 Å². The zero-order valence-corrected chi connectivity index (χ0v) is 12.5.